The first-order valence-corrected chi connectivity index (χ1v) is 11.7. The molecule has 1 heterocycles. The van der Waals surface area contributed by atoms with E-state index in [1.807, 2.05) is 36.4 Å². The van der Waals surface area contributed by atoms with Gasteiger partial charge < -0.3 is 4.74 Å². The molecule has 0 saturated heterocycles. The molecule has 30 heavy (non-hydrogen) atoms. The van der Waals surface area contributed by atoms with E-state index >= 15 is 0 Å². The van der Waals surface area contributed by atoms with Crippen molar-refractivity contribution in [2.24, 2.45) is 5.92 Å². The maximum atomic E-state index is 12.8. The van der Waals surface area contributed by atoms with Gasteiger partial charge in [-0.2, -0.15) is 4.98 Å². The van der Waals surface area contributed by atoms with Gasteiger partial charge >= 0.3 is 0 Å². The lowest BCUT2D eigenvalue weighted by Gasteiger charge is -2.26. The van der Waals surface area contributed by atoms with Crippen LogP contribution in [0.15, 0.2) is 71.6 Å². The summed E-state index contributed by atoms with van der Waals surface area (Å²) in [6.45, 7) is 2.26. The minimum atomic E-state index is -3.79. The zero-order chi connectivity index (χ0) is 21.0. The van der Waals surface area contributed by atoms with E-state index < -0.39 is 10.0 Å². The van der Waals surface area contributed by atoms with E-state index in [0.29, 0.717) is 17.5 Å². The number of aromatic nitrogens is 2. The maximum absolute atomic E-state index is 12.8. The lowest BCUT2D eigenvalue weighted by Crippen LogP contribution is -2.17. The Labute approximate surface area is 177 Å². The van der Waals surface area contributed by atoms with Gasteiger partial charge in [-0.05, 0) is 43.0 Å². The first kappa shape index (κ1) is 20.3. The second-order valence-electron chi connectivity index (χ2n) is 7.75. The predicted molar refractivity (Wildman–Crippen MR) is 116 cm³/mol. The molecule has 1 aromatic heterocycles. The number of rotatable bonds is 6. The molecule has 0 amide bonds. The Morgan fingerprint density at radius 3 is 2.20 bits per heavy atom. The summed E-state index contributed by atoms with van der Waals surface area (Å²) < 4.78 is 34.0. The van der Waals surface area contributed by atoms with Crippen LogP contribution in [0.2, 0.25) is 0 Å². The van der Waals surface area contributed by atoms with Gasteiger partial charge in [-0.1, -0.05) is 56.2 Å². The second-order valence-corrected chi connectivity index (χ2v) is 9.43. The first-order valence-electron chi connectivity index (χ1n) is 10.2. The highest BCUT2D eigenvalue weighted by atomic mass is 32.2. The number of ether oxygens (including phenoxy) is 1. The van der Waals surface area contributed by atoms with E-state index in [1.165, 1.54) is 12.1 Å². The summed E-state index contributed by atoms with van der Waals surface area (Å²) >= 11 is 0. The maximum Gasteiger partial charge on any atom is 0.264 e. The Hall–Kier alpha value is -2.93. The zero-order valence-electron chi connectivity index (χ0n) is 16.9. The van der Waals surface area contributed by atoms with Crippen LogP contribution in [0.5, 0.6) is 11.6 Å². The fraction of sp³-hybridized carbons (Fsp3) is 0.304. The fourth-order valence-electron chi connectivity index (χ4n) is 3.69. The van der Waals surface area contributed by atoms with E-state index in [-0.39, 0.29) is 16.8 Å². The van der Waals surface area contributed by atoms with Crippen LogP contribution < -0.4 is 9.46 Å². The summed E-state index contributed by atoms with van der Waals surface area (Å²) in [5.41, 5.74) is 0.814. The summed E-state index contributed by atoms with van der Waals surface area (Å²) in [5.74, 6) is 1.97. The Morgan fingerprint density at radius 2 is 1.53 bits per heavy atom. The minimum absolute atomic E-state index is 0.0286. The van der Waals surface area contributed by atoms with Gasteiger partial charge in [0.25, 0.3) is 10.0 Å². The lowest BCUT2D eigenvalue weighted by molar-refractivity contribution is 0.343. The number of hydrogen-bond donors (Lipinski definition) is 1. The lowest BCUT2D eigenvalue weighted by atomic mass is 9.81. The number of sulfonamides is 1. The van der Waals surface area contributed by atoms with Gasteiger partial charge in [0.1, 0.15) is 5.75 Å². The first-order chi connectivity index (χ1) is 14.5. The normalized spacial score (nSPS) is 19.2. The topological polar surface area (TPSA) is 81.2 Å². The van der Waals surface area contributed by atoms with Crippen molar-refractivity contribution in [1.82, 2.24) is 9.97 Å². The van der Waals surface area contributed by atoms with Gasteiger partial charge in [-0.3, -0.25) is 0 Å². The van der Waals surface area contributed by atoms with Crippen molar-refractivity contribution >= 4 is 16.0 Å². The van der Waals surface area contributed by atoms with Crippen molar-refractivity contribution in [3.63, 3.8) is 0 Å². The van der Waals surface area contributed by atoms with Crippen LogP contribution in [-0.2, 0) is 10.0 Å². The summed E-state index contributed by atoms with van der Waals surface area (Å²) in [4.78, 5) is 9.04. The molecular weight excluding hydrogens is 398 g/mol. The van der Waals surface area contributed by atoms with Crippen molar-refractivity contribution in [2.45, 2.75) is 43.4 Å². The molecule has 0 unspecified atom stereocenters. The van der Waals surface area contributed by atoms with Crippen molar-refractivity contribution < 1.29 is 13.2 Å². The highest BCUT2D eigenvalue weighted by molar-refractivity contribution is 7.92. The molecule has 0 atom stereocenters. The molecule has 0 aliphatic heterocycles. The van der Waals surface area contributed by atoms with Crippen molar-refractivity contribution in [1.29, 1.82) is 0 Å². The highest BCUT2D eigenvalue weighted by Gasteiger charge is 2.24. The van der Waals surface area contributed by atoms with Gasteiger partial charge in [0, 0.05) is 12.0 Å². The smallest absolute Gasteiger partial charge is 0.264 e. The SMILES string of the molecule is CC1CCC(c2cc(Oc3ccccc3)nc(NS(=O)(=O)c3ccccc3)n2)CC1. The van der Waals surface area contributed by atoms with Crippen LogP contribution in [0, 0.1) is 5.92 Å². The standard InChI is InChI=1S/C23H25N3O3S/c1-17-12-14-18(15-13-17)21-16-22(29-19-8-4-2-5-9-19)25-23(24-21)26-30(27,28)20-10-6-3-7-11-20/h2-11,16-18H,12-15H2,1H3,(H,24,25,26). The van der Waals surface area contributed by atoms with Crippen LogP contribution in [0.3, 0.4) is 0 Å². The summed E-state index contributed by atoms with van der Waals surface area (Å²) in [6.07, 6.45) is 4.31. The molecule has 1 fully saturated rings. The van der Waals surface area contributed by atoms with Crippen molar-refractivity contribution in [3.05, 3.63) is 72.4 Å². The third-order valence-corrected chi connectivity index (χ3v) is 6.75. The molecule has 0 spiro atoms. The Kier molecular flexibility index (Phi) is 5.99. The van der Waals surface area contributed by atoms with Crippen LogP contribution >= 0.6 is 0 Å². The van der Waals surface area contributed by atoms with Gasteiger partial charge in [-0.25, -0.2) is 18.1 Å². The number of benzene rings is 2. The molecule has 6 nitrogen and oxygen atoms in total. The van der Waals surface area contributed by atoms with E-state index in [0.717, 1.165) is 31.4 Å². The molecular formula is C23H25N3O3S. The Bertz CT molecular complexity index is 1080. The highest BCUT2D eigenvalue weighted by Crippen LogP contribution is 2.36. The van der Waals surface area contributed by atoms with E-state index in [4.69, 9.17) is 4.74 Å². The average Bonchev–Trinajstić information content (AvgIpc) is 2.75. The number of nitrogens with one attached hydrogen (secondary N) is 1. The van der Waals surface area contributed by atoms with E-state index in [9.17, 15) is 8.42 Å². The molecule has 3 aromatic rings. The Balaban J connectivity index is 1.66. The third kappa shape index (κ3) is 4.97. The number of para-hydroxylation sites is 1. The monoisotopic (exact) mass is 423 g/mol. The molecule has 1 aliphatic carbocycles. The molecule has 0 bridgehead atoms. The summed E-state index contributed by atoms with van der Waals surface area (Å²) in [5, 5.41) is 0. The molecule has 1 aliphatic rings. The predicted octanol–water partition coefficient (Wildman–Crippen LogP) is 5.36. The van der Waals surface area contributed by atoms with Crippen LogP contribution in [0.1, 0.15) is 44.2 Å². The van der Waals surface area contributed by atoms with Crippen LogP contribution in [0.4, 0.5) is 5.95 Å². The molecule has 7 heteroatoms. The molecule has 0 radical (unpaired) electrons. The van der Waals surface area contributed by atoms with Crippen molar-refractivity contribution in [3.8, 4) is 11.6 Å². The molecule has 1 saturated carbocycles. The van der Waals surface area contributed by atoms with Gasteiger partial charge in [-0.15, -0.1) is 0 Å². The second kappa shape index (κ2) is 8.83. The molecule has 4 rings (SSSR count). The largest absolute Gasteiger partial charge is 0.439 e. The quantitative estimate of drug-likeness (QED) is 0.577. The number of nitrogens with zero attached hydrogens (tertiary/aromatic N) is 2. The van der Waals surface area contributed by atoms with Crippen LogP contribution in [0.25, 0.3) is 0 Å². The van der Waals surface area contributed by atoms with Crippen LogP contribution in [-0.4, -0.2) is 18.4 Å². The van der Waals surface area contributed by atoms with Gasteiger partial charge in [0.15, 0.2) is 0 Å². The zero-order valence-corrected chi connectivity index (χ0v) is 17.7. The third-order valence-electron chi connectivity index (χ3n) is 5.40. The summed E-state index contributed by atoms with van der Waals surface area (Å²) in [6, 6.07) is 19.3. The number of anilines is 1. The van der Waals surface area contributed by atoms with Gasteiger partial charge in [0.2, 0.25) is 11.8 Å². The van der Waals surface area contributed by atoms with E-state index in [2.05, 4.69) is 21.6 Å². The fourth-order valence-corrected chi connectivity index (χ4v) is 4.66. The minimum Gasteiger partial charge on any atom is -0.439 e. The van der Waals surface area contributed by atoms with E-state index in [1.54, 1.807) is 18.2 Å². The number of hydrogen-bond acceptors (Lipinski definition) is 5. The summed E-state index contributed by atoms with van der Waals surface area (Å²) in [7, 11) is -3.79. The average molecular weight is 424 g/mol. The molecule has 156 valence electrons. The van der Waals surface area contributed by atoms with Crippen molar-refractivity contribution in [2.75, 3.05) is 4.72 Å². The Morgan fingerprint density at radius 1 is 0.900 bits per heavy atom. The molecule has 1 N–H and O–H groups in total. The van der Waals surface area contributed by atoms with Gasteiger partial charge in [0.05, 0.1) is 10.6 Å². The molecule has 2 aromatic carbocycles.